The van der Waals surface area contributed by atoms with Gasteiger partial charge in [0.15, 0.2) is 5.69 Å². The largest absolute Gasteiger partial charge is 0.354 e. The number of aromatic nitrogens is 3. The quantitative estimate of drug-likeness (QED) is 0.575. The maximum absolute atomic E-state index is 13.6. The first-order valence-corrected chi connectivity index (χ1v) is 12.5. The first-order valence-electron chi connectivity index (χ1n) is 12.5. The zero-order chi connectivity index (χ0) is 25.2. The SMILES string of the molecule is Cc1cc(C)c(C(=O)N2CCc3c(c(C(=O)N4CCNC(=O)CC4)nn3CCc3ccccc3)C2)[nH]1. The Morgan fingerprint density at radius 3 is 2.53 bits per heavy atom. The maximum atomic E-state index is 13.6. The number of benzene rings is 1. The molecule has 0 spiro atoms. The number of H-pyrrole nitrogens is 1. The molecule has 188 valence electrons. The lowest BCUT2D eigenvalue weighted by Crippen LogP contribution is -2.38. The third-order valence-corrected chi connectivity index (χ3v) is 7.04. The van der Waals surface area contributed by atoms with Crippen LogP contribution in [0.2, 0.25) is 0 Å². The molecule has 2 aliphatic heterocycles. The van der Waals surface area contributed by atoms with E-state index in [0.29, 0.717) is 57.1 Å². The summed E-state index contributed by atoms with van der Waals surface area (Å²) in [5, 5.41) is 7.61. The van der Waals surface area contributed by atoms with Crippen molar-refractivity contribution in [3.63, 3.8) is 0 Å². The fourth-order valence-corrected chi connectivity index (χ4v) is 5.13. The van der Waals surface area contributed by atoms with E-state index in [1.165, 1.54) is 5.56 Å². The molecule has 3 amide bonds. The maximum Gasteiger partial charge on any atom is 0.274 e. The van der Waals surface area contributed by atoms with Crippen LogP contribution in [0, 0.1) is 13.8 Å². The highest BCUT2D eigenvalue weighted by molar-refractivity contribution is 5.96. The predicted molar refractivity (Wildman–Crippen MR) is 135 cm³/mol. The Kier molecular flexibility index (Phi) is 6.63. The van der Waals surface area contributed by atoms with E-state index in [2.05, 4.69) is 22.4 Å². The van der Waals surface area contributed by atoms with Gasteiger partial charge in [0, 0.05) is 62.5 Å². The van der Waals surface area contributed by atoms with Gasteiger partial charge in [-0.15, -0.1) is 0 Å². The lowest BCUT2D eigenvalue weighted by Gasteiger charge is -2.28. The monoisotopic (exact) mass is 488 g/mol. The van der Waals surface area contributed by atoms with Crippen LogP contribution in [0.5, 0.6) is 0 Å². The minimum absolute atomic E-state index is 0.0471. The molecule has 2 aliphatic rings. The van der Waals surface area contributed by atoms with Crippen LogP contribution >= 0.6 is 0 Å². The highest BCUT2D eigenvalue weighted by Crippen LogP contribution is 2.26. The van der Waals surface area contributed by atoms with Crippen molar-refractivity contribution in [2.75, 3.05) is 26.2 Å². The molecule has 2 aromatic heterocycles. The first kappa shape index (κ1) is 23.8. The van der Waals surface area contributed by atoms with E-state index < -0.39 is 0 Å². The smallest absolute Gasteiger partial charge is 0.274 e. The van der Waals surface area contributed by atoms with Crippen LogP contribution in [0.25, 0.3) is 0 Å². The molecule has 1 saturated heterocycles. The summed E-state index contributed by atoms with van der Waals surface area (Å²) in [4.78, 5) is 45.5. The number of aromatic amines is 1. The van der Waals surface area contributed by atoms with Crippen LogP contribution in [0.15, 0.2) is 36.4 Å². The van der Waals surface area contributed by atoms with E-state index in [9.17, 15) is 14.4 Å². The summed E-state index contributed by atoms with van der Waals surface area (Å²) in [6.45, 7) is 6.66. The Morgan fingerprint density at radius 2 is 1.78 bits per heavy atom. The van der Waals surface area contributed by atoms with Gasteiger partial charge < -0.3 is 20.1 Å². The second-order valence-electron chi connectivity index (χ2n) is 9.61. The lowest BCUT2D eigenvalue weighted by molar-refractivity contribution is -0.120. The number of carbonyl (C=O) groups is 3. The van der Waals surface area contributed by atoms with Gasteiger partial charge in [-0.2, -0.15) is 5.10 Å². The summed E-state index contributed by atoms with van der Waals surface area (Å²) >= 11 is 0. The summed E-state index contributed by atoms with van der Waals surface area (Å²) in [6.07, 6.45) is 1.71. The Balaban J connectivity index is 1.44. The number of carbonyl (C=O) groups excluding carboxylic acids is 3. The molecular weight excluding hydrogens is 456 g/mol. The molecule has 3 aromatic rings. The van der Waals surface area contributed by atoms with Crippen LogP contribution in [-0.4, -0.2) is 68.5 Å². The van der Waals surface area contributed by atoms with E-state index in [-0.39, 0.29) is 24.1 Å². The summed E-state index contributed by atoms with van der Waals surface area (Å²) in [6, 6.07) is 12.2. The number of hydrogen-bond donors (Lipinski definition) is 2. The third kappa shape index (κ3) is 4.78. The van der Waals surface area contributed by atoms with Gasteiger partial charge in [0.1, 0.15) is 5.69 Å². The Hall–Kier alpha value is -3.88. The molecule has 1 fully saturated rings. The molecule has 0 bridgehead atoms. The number of nitrogens with one attached hydrogen (secondary N) is 2. The molecule has 0 saturated carbocycles. The van der Waals surface area contributed by atoms with Crippen molar-refractivity contribution in [1.29, 1.82) is 0 Å². The first-order chi connectivity index (χ1) is 17.4. The van der Waals surface area contributed by atoms with Gasteiger partial charge in [-0.25, -0.2) is 0 Å². The molecule has 36 heavy (non-hydrogen) atoms. The van der Waals surface area contributed by atoms with Crippen molar-refractivity contribution in [2.24, 2.45) is 0 Å². The highest BCUT2D eigenvalue weighted by atomic mass is 16.2. The lowest BCUT2D eigenvalue weighted by atomic mass is 10.0. The molecule has 0 radical (unpaired) electrons. The van der Waals surface area contributed by atoms with E-state index >= 15 is 0 Å². The number of aryl methyl sites for hydroxylation is 4. The average Bonchev–Trinajstić information content (AvgIpc) is 3.33. The average molecular weight is 489 g/mol. The molecule has 0 unspecified atom stereocenters. The van der Waals surface area contributed by atoms with Crippen molar-refractivity contribution < 1.29 is 14.4 Å². The fourth-order valence-electron chi connectivity index (χ4n) is 5.13. The number of amides is 3. The summed E-state index contributed by atoms with van der Waals surface area (Å²) in [5.41, 5.74) is 5.89. The van der Waals surface area contributed by atoms with Crippen molar-refractivity contribution in [3.8, 4) is 0 Å². The van der Waals surface area contributed by atoms with Crippen LogP contribution in [-0.2, 0) is 30.7 Å². The van der Waals surface area contributed by atoms with Gasteiger partial charge in [-0.05, 0) is 37.5 Å². The Labute approximate surface area is 210 Å². The van der Waals surface area contributed by atoms with Crippen molar-refractivity contribution in [1.82, 2.24) is 29.9 Å². The Morgan fingerprint density at radius 1 is 1.00 bits per heavy atom. The van der Waals surface area contributed by atoms with E-state index in [1.54, 1.807) is 9.80 Å². The van der Waals surface area contributed by atoms with Crippen molar-refractivity contribution >= 4 is 17.7 Å². The summed E-state index contributed by atoms with van der Waals surface area (Å²) < 4.78 is 1.95. The van der Waals surface area contributed by atoms with Crippen LogP contribution < -0.4 is 5.32 Å². The minimum Gasteiger partial charge on any atom is -0.354 e. The molecule has 2 N–H and O–H groups in total. The second kappa shape index (κ2) is 10.0. The number of nitrogens with zero attached hydrogens (tertiary/aromatic N) is 4. The summed E-state index contributed by atoms with van der Waals surface area (Å²) in [7, 11) is 0. The van der Waals surface area contributed by atoms with Crippen LogP contribution in [0.4, 0.5) is 0 Å². The minimum atomic E-state index is -0.178. The van der Waals surface area contributed by atoms with Gasteiger partial charge in [0.05, 0.1) is 6.54 Å². The molecule has 5 rings (SSSR count). The topological polar surface area (TPSA) is 103 Å². The zero-order valence-corrected chi connectivity index (χ0v) is 20.8. The van der Waals surface area contributed by atoms with Crippen LogP contribution in [0.1, 0.15) is 55.5 Å². The van der Waals surface area contributed by atoms with Gasteiger partial charge in [0.2, 0.25) is 5.91 Å². The number of rotatable bonds is 5. The number of fused-ring (bicyclic) bond motifs is 1. The standard InChI is InChI=1S/C27H32N6O3/c1-18-16-19(2)29-24(18)26(35)32-12-9-22-21(17-32)25(27(36)31-13-10-23(34)28-11-15-31)30-33(22)14-8-20-6-4-3-5-7-20/h3-7,16,29H,8-15,17H2,1-2H3,(H,28,34). The second-order valence-corrected chi connectivity index (χ2v) is 9.61. The van der Waals surface area contributed by atoms with Gasteiger partial charge in [-0.1, -0.05) is 30.3 Å². The van der Waals surface area contributed by atoms with E-state index in [4.69, 9.17) is 5.10 Å². The molecule has 9 heteroatoms. The predicted octanol–water partition coefficient (Wildman–Crippen LogP) is 2.23. The Bertz CT molecular complexity index is 1290. The van der Waals surface area contributed by atoms with E-state index in [0.717, 1.165) is 28.9 Å². The van der Waals surface area contributed by atoms with Crippen molar-refractivity contribution in [3.05, 3.63) is 75.9 Å². The van der Waals surface area contributed by atoms with E-state index in [1.807, 2.05) is 42.8 Å². The highest BCUT2D eigenvalue weighted by Gasteiger charge is 2.33. The number of hydrogen-bond acceptors (Lipinski definition) is 4. The van der Waals surface area contributed by atoms with Crippen LogP contribution in [0.3, 0.4) is 0 Å². The summed E-state index contributed by atoms with van der Waals surface area (Å²) in [5.74, 6) is -0.289. The van der Waals surface area contributed by atoms with Gasteiger partial charge in [0.25, 0.3) is 11.8 Å². The molecule has 0 aliphatic carbocycles. The fraction of sp³-hybridized carbons (Fsp3) is 0.407. The van der Waals surface area contributed by atoms with Crippen molar-refractivity contribution in [2.45, 2.75) is 46.2 Å². The zero-order valence-electron chi connectivity index (χ0n) is 20.8. The molecule has 4 heterocycles. The normalized spacial score (nSPS) is 15.9. The molecule has 0 atom stereocenters. The van der Waals surface area contributed by atoms with Gasteiger partial charge >= 0.3 is 0 Å². The molecular formula is C27H32N6O3. The molecule has 9 nitrogen and oxygen atoms in total. The third-order valence-electron chi connectivity index (χ3n) is 7.04. The van der Waals surface area contributed by atoms with Gasteiger partial charge in [-0.3, -0.25) is 19.1 Å². The molecule has 1 aromatic carbocycles.